The van der Waals surface area contributed by atoms with Gasteiger partial charge in [-0.05, 0) is 19.8 Å². The Labute approximate surface area is 158 Å². The van der Waals surface area contributed by atoms with Crippen molar-refractivity contribution in [2.24, 2.45) is 11.3 Å². The third kappa shape index (κ3) is 5.18. The Morgan fingerprint density at radius 3 is 1.93 bits per heavy atom. The lowest BCUT2D eigenvalue weighted by Crippen LogP contribution is -2.34. The van der Waals surface area contributed by atoms with E-state index in [9.17, 15) is 31.5 Å². The Balaban J connectivity index is 2.95. The summed E-state index contributed by atoms with van der Waals surface area (Å²) >= 11 is 0. The zero-order chi connectivity index (χ0) is 21.6. The summed E-state index contributed by atoms with van der Waals surface area (Å²) in [5.41, 5.74) is -1.14. The van der Waals surface area contributed by atoms with Crippen molar-refractivity contribution in [3.63, 3.8) is 0 Å². The van der Waals surface area contributed by atoms with Crippen LogP contribution in [0.4, 0.5) is 22.0 Å². The van der Waals surface area contributed by atoms with Crippen LogP contribution in [0.5, 0.6) is 5.75 Å². The number of carbonyl (C=O) groups is 2. The van der Waals surface area contributed by atoms with E-state index in [1.807, 2.05) is 0 Å². The first-order valence-corrected chi connectivity index (χ1v) is 8.39. The summed E-state index contributed by atoms with van der Waals surface area (Å²) < 4.78 is 81.0. The van der Waals surface area contributed by atoms with Crippen molar-refractivity contribution < 1.29 is 45.8 Å². The zero-order valence-corrected chi connectivity index (χ0v) is 15.8. The van der Waals surface area contributed by atoms with Gasteiger partial charge in [0.2, 0.25) is 34.8 Å². The van der Waals surface area contributed by atoms with Crippen LogP contribution in [-0.2, 0) is 19.1 Å². The molecule has 0 aliphatic carbocycles. The number of hydrogen-bond acceptors (Lipinski definition) is 5. The summed E-state index contributed by atoms with van der Waals surface area (Å²) in [4.78, 5) is 24.4. The van der Waals surface area contributed by atoms with Gasteiger partial charge in [-0.15, -0.1) is 0 Å². The molecule has 0 spiro atoms. The maximum absolute atomic E-state index is 13.6. The number of carbonyl (C=O) groups excluding carboxylic acids is 2. The fourth-order valence-corrected chi connectivity index (χ4v) is 2.40. The molecule has 0 aliphatic rings. The molecule has 10 heteroatoms. The van der Waals surface area contributed by atoms with Gasteiger partial charge in [0, 0.05) is 7.11 Å². The van der Waals surface area contributed by atoms with Crippen LogP contribution in [0.2, 0.25) is 0 Å². The molecule has 0 amide bonds. The summed E-state index contributed by atoms with van der Waals surface area (Å²) in [6.07, 6.45) is 0.127. The van der Waals surface area contributed by atoms with Gasteiger partial charge in [0.25, 0.3) is 0 Å². The second-order valence-electron chi connectivity index (χ2n) is 6.47. The van der Waals surface area contributed by atoms with E-state index in [4.69, 9.17) is 9.47 Å². The first-order valence-electron chi connectivity index (χ1n) is 8.39. The standard InChI is InChI=1S/C18H21F5O5/c1-5-18(3,17(25)27-7-6-26-4)8-9(2)16(24)28-15-13(22)11(20)10(19)12(21)14(15)23/h9H,5-8H2,1-4H3. The number of benzene rings is 1. The van der Waals surface area contributed by atoms with Crippen LogP contribution >= 0.6 is 0 Å². The van der Waals surface area contributed by atoms with Crippen molar-refractivity contribution in [2.45, 2.75) is 33.6 Å². The van der Waals surface area contributed by atoms with Crippen LogP contribution in [0, 0.1) is 40.4 Å². The van der Waals surface area contributed by atoms with Crippen molar-refractivity contribution in [3.8, 4) is 5.75 Å². The molecule has 5 nitrogen and oxygen atoms in total. The number of hydrogen-bond donors (Lipinski definition) is 0. The lowest BCUT2D eigenvalue weighted by Gasteiger charge is -2.28. The second-order valence-corrected chi connectivity index (χ2v) is 6.47. The normalized spacial score (nSPS) is 14.3. The van der Waals surface area contributed by atoms with E-state index in [1.54, 1.807) is 6.92 Å². The van der Waals surface area contributed by atoms with E-state index >= 15 is 0 Å². The molecule has 28 heavy (non-hydrogen) atoms. The van der Waals surface area contributed by atoms with Gasteiger partial charge in [0.15, 0.2) is 0 Å². The maximum atomic E-state index is 13.6. The fourth-order valence-electron chi connectivity index (χ4n) is 2.40. The topological polar surface area (TPSA) is 61.8 Å². The number of methoxy groups -OCH3 is 1. The van der Waals surface area contributed by atoms with Gasteiger partial charge in [-0.1, -0.05) is 13.8 Å². The molecule has 0 heterocycles. The Morgan fingerprint density at radius 1 is 0.964 bits per heavy atom. The molecular formula is C18H21F5O5. The molecule has 0 bridgehead atoms. The molecule has 0 saturated carbocycles. The first kappa shape index (κ1) is 23.8. The summed E-state index contributed by atoms with van der Waals surface area (Å²) in [5, 5.41) is 0. The Bertz CT molecular complexity index is 711. The van der Waals surface area contributed by atoms with Crippen LogP contribution in [0.25, 0.3) is 0 Å². The lowest BCUT2D eigenvalue weighted by molar-refractivity contribution is -0.158. The van der Waals surface area contributed by atoms with Crippen LogP contribution < -0.4 is 4.74 Å². The van der Waals surface area contributed by atoms with E-state index < -0.39 is 58.1 Å². The highest BCUT2D eigenvalue weighted by atomic mass is 19.2. The number of esters is 2. The zero-order valence-electron chi connectivity index (χ0n) is 15.8. The predicted octanol–water partition coefficient (Wildman–Crippen LogP) is 3.92. The quantitative estimate of drug-likeness (QED) is 0.154. The largest absolute Gasteiger partial charge is 0.463 e. The molecule has 2 atom stereocenters. The van der Waals surface area contributed by atoms with Gasteiger partial charge < -0.3 is 14.2 Å². The van der Waals surface area contributed by atoms with Gasteiger partial charge in [-0.25, -0.2) is 13.2 Å². The number of ether oxygens (including phenoxy) is 3. The van der Waals surface area contributed by atoms with Gasteiger partial charge in [0.1, 0.15) is 6.61 Å². The molecule has 0 saturated heterocycles. The van der Waals surface area contributed by atoms with Crippen LogP contribution in [0.1, 0.15) is 33.6 Å². The summed E-state index contributed by atoms with van der Waals surface area (Å²) in [6.45, 7) is 4.65. The van der Waals surface area contributed by atoms with Crippen LogP contribution in [0.3, 0.4) is 0 Å². The highest BCUT2D eigenvalue weighted by Crippen LogP contribution is 2.34. The summed E-state index contributed by atoms with van der Waals surface area (Å²) in [7, 11) is 1.42. The number of halogens is 5. The average Bonchev–Trinajstić information content (AvgIpc) is 2.67. The third-order valence-corrected chi connectivity index (χ3v) is 4.33. The smallest absolute Gasteiger partial charge is 0.314 e. The van der Waals surface area contributed by atoms with Gasteiger partial charge in [-0.3, -0.25) is 9.59 Å². The van der Waals surface area contributed by atoms with Crippen molar-refractivity contribution in [1.82, 2.24) is 0 Å². The lowest BCUT2D eigenvalue weighted by atomic mass is 9.79. The minimum atomic E-state index is -2.36. The van der Waals surface area contributed by atoms with E-state index in [1.165, 1.54) is 21.0 Å². The molecule has 1 rings (SSSR count). The summed E-state index contributed by atoms with van der Waals surface area (Å²) in [6, 6.07) is 0. The van der Waals surface area contributed by atoms with E-state index in [2.05, 4.69) is 4.74 Å². The Hall–Kier alpha value is -2.23. The van der Waals surface area contributed by atoms with Crippen molar-refractivity contribution in [2.75, 3.05) is 20.3 Å². The van der Waals surface area contributed by atoms with E-state index in [-0.39, 0.29) is 26.1 Å². The molecule has 0 aliphatic heterocycles. The third-order valence-electron chi connectivity index (χ3n) is 4.33. The molecule has 2 unspecified atom stereocenters. The minimum Gasteiger partial charge on any atom is -0.463 e. The molecule has 0 radical (unpaired) electrons. The summed E-state index contributed by atoms with van der Waals surface area (Å²) in [5.74, 6) is -16.0. The molecule has 1 aromatic carbocycles. The average molecular weight is 412 g/mol. The maximum Gasteiger partial charge on any atom is 0.314 e. The molecular weight excluding hydrogens is 391 g/mol. The fraction of sp³-hybridized carbons (Fsp3) is 0.556. The second kappa shape index (κ2) is 9.81. The molecule has 1 aromatic rings. The Kier molecular flexibility index (Phi) is 8.34. The molecule has 158 valence electrons. The van der Waals surface area contributed by atoms with Crippen LogP contribution in [0.15, 0.2) is 0 Å². The van der Waals surface area contributed by atoms with E-state index in [0.717, 1.165) is 0 Å². The Morgan fingerprint density at radius 2 is 1.46 bits per heavy atom. The predicted molar refractivity (Wildman–Crippen MR) is 86.9 cm³/mol. The van der Waals surface area contributed by atoms with E-state index in [0.29, 0.717) is 0 Å². The minimum absolute atomic E-state index is 0.00565. The van der Waals surface area contributed by atoms with Gasteiger partial charge in [0.05, 0.1) is 17.9 Å². The van der Waals surface area contributed by atoms with Gasteiger partial charge in [-0.2, -0.15) is 8.78 Å². The highest BCUT2D eigenvalue weighted by Gasteiger charge is 2.38. The highest BCUT2D eigenvalue weighted by molar-refractivity contribution is 5.79. The van der Waals surface area contributed by atoms with Gasteiger partial charge >= 0.3 is 11.9 Å². The monoisotopic (exact) mass is 412 g/mol. The van der Waals surface area contributed by atoms with Crippen LogP contribution in [-0.4, -0.2) is 32.3 Å². The van der Waals surface area contributed by atoms with Crippen molar-refractivity contribution >= 4 is 11.9 Å². The molecule has 0 aromatic heterocycles. The molecule has 0 N–H and O–H groups in total. The first-order chi connectivity index (χ1) is 13.0. The number of rotatable bonds is 9. The van der Waals surface area contributed by atoms with Crippen molar-refractivity contribution in [1.29, 1.82) is 0 Å². The molecule has 0 fully saturated rings. The SMILES string of the molecule is CCC(C)(CC(C)C(=O)Oc1c(F)c(F)c(F)c(F)c1F)C(=O)OCCOC. The van der Waals surface area contributed by atoms with Crippen molar-refractivity contribution in [3.05, 3.63) is 29.1 Å².